The number of nitrogens with one attached hydrogen (secondary N) is 1. The highest BCUT2D eigenvalue weighted by atomic mass is 19.4. The molecule has 0 unspecified atom stereocenters. The average Bonchev–Trinajstić information content (AvgIpc) is 2.44. The number of carbonyl (C=O) groups excluding carboxylic acids is 1. The molecule has 0 saturated heterocycles. The number of nitrogens with two attached hydrogens (primary N) is 1. The van der Waals surface area contributed by atoms with Crippen LogP contribution < -0.4 is 11.1 Å². The minimum atomic E-state index is -4.46. The molecule has 0 radical (unpaired) electrons. The Morgan fingerprint density at radius 2 is 1.85 bits per heavy atom. The molecule has 20 heavy (non-hydrogen) atoms. The topological polar surface area (TPSA) is 55.1 Å². The van der Waals surface area contributed by atoms with Crippen LogP contribution in [-0.4, -0.2) is 18.0 Å². The van der Waals surface area contributed by atoms with E-state index in [0.717, 1.165) is 12.1 Å². The van der Waals surface area contributed by atoms with E-state index < -0.39 is 23.2 Å². The van der Waals surface area contributed by atoms with Gasteiger partial charge < -0.3 is 11.1 Å². The average molecular weight is 288 g/mol. The van der Waals surface area contributed by atoms with Gasteiger partial charge in [0.2, 0.25) is 0 Å². The molecule has 0 aliphatic carbocycles. The second-order valence-corrected chi connectivity index (χ2v) is 4.72. The van der Waals surface area contributed by atoms with Gasteiger partial charge in [-0.25, -0.2) is 0 Å². The van der Waals surface area contributed by atoms with Gasteiger partial charge in [-0.05, 0) is 31.0 Å². The number of carbonyl (C=O) groups is 1. The Morgan fingerprint density at radius 3 is 2.30 bits per heavy atom. The second-order valence-electron chi connectivity index (χ2n) is 4.72. The zero-order chi connectivity index (χ0) is 15.4. The summed E-state index contributed by atoms with van der Waals surface area (Å²) in [7, 11) is 0. The van der Waals surface area contributed by atoms with Gasteiger partial charge in [0.25, 0.3) is 5.91 Å². The number of hydrogen-bond donors (Lipinski definition) is 2. The highest BCUT2D eigenvalue weighted by Crippen LogP contribution is 2.29. The van der Waals surface area contributed by atoms with Gasteiger partial charge in [-0.1, -0.05) is 19.9 Å². The van der Waals surface area contributed by atoms with Crippen molar-refractivity contribution in [1.29, 1.82) is 0 Å². The highest BCUT2D eigenvalue weighted by Gasteiger charge is 2.32. The molecular formula is C14H19F3N2O. The molecule has 0 atom stereocenters. The molecule has 112 valence electrons. The SMILES string of the molecule is CCC(CC)(CN)NC(=O)c1cccc(C(F)(F)F)c1. The molecule has 1 rings (SSSR count). The maximum absolute atomic E-state index is 12.6. The van der Waals surface area contributed by atoms with E-state index in [-0.39, 0.29) is 12.1 Å². The summed E-state index contributed by atoms with van der Waals surface area (Å²) in [6.07, 6.45) is -3.23. The molecule has 3 N–H and O–H groups in total. The zero-order valence-electron chi connectivity index (χ0n) is 11.6. The minimum Gasteiger partial charge on any atom is -0.345 e. The van der Waals surface area contributed by atoms with Crippen molar-refractivity contribution in [3.63, 3.8) is 0 Å². The van der Waals surface area contributed by atoms with Crippen LogP contribution in [0, 0.1) is 0 Å². The molecule has 0 aromatic heterocycles. The lowest BCUT2D eigenvalue weighted by Gasteiger charge is -2.31. The van der Waals surface area contributed by atoms with Crippen LogP contribution in [0.2, 0.25) is 0 Å². The standard InChI is InChI=1S/C14H19F3N2O/c1-3-13(4-2,9-18)19-12(20)10-6-5-7-11(8-10)14(15,16)17/h5-8H,3-4,9,18H2,1-2H3,(H,19,20). The monoisotopic (exact) mass is 288 g/mol. The Morgan fingerprint density at radius 1 is 1.25 bits per heavy atom. The highest BCUT2D eigenvalue weighted by molar-refractivity contribution is 5.94. The van der Waals surface area contributed by atoms with Gasteiger partial charge in [-0.15, -0.1) is 0 Å². The third-order valence-corrected chi connectivity index (χ3v) is 3.58. The van der Waals surface area contributed by atoms with E-state index >= 15 is 0 Å². The quantitative estimate of drug-likeness (QED) is 0.875. The molecule has 0 fully saturated rings. The molecule has 1 aromatic rings. The third-order valence-electron chi connectivity index (χ3n) is 3.58. The first-order chi connectivity index (χ1) is 9.28. The first kappa shape index (κ1) is 16.5. The van der Waals surface area contributed by atoms with Crippen LogP contribution in [0.5, 0.6) is 0 Å². The van der Waals surface area contributed by atoms with Crippen molar-refractivity contribution in [3.05, 3.63) is 35.4 Å². The first-order valence-electron chi connectivity index (χ1n) is 6.48. The number of rotatable bonds is 5. The number of hydrogen-bond acceptors (Lipinski definition) is 2. The normalized spacial score (nSPS) is 12.3. The molecule has 1 amide bonds. The molecule has 0 aliphatic rings. The van der Waals surface area contributed by atoms with Crippen LogP contribution in [-0.2, 0) is 6.18 Å². The summed E-state index contributed by atoms with van der Waals surface area (Å²) in [6, 6.07) is 4.37. The molecule has 0 saturated carbocycles. The van der Waals surface area contributed by atoms with Gasteiger partial charge in [-0.3, -0.25) is 4.79 Å². The van der Waals surface area contributed by atoms with Crippen LogP contribution in [0.3, 0.4) is 0 Å². The second kappa shape index (κ2) is 6.26. The van der Waals surface area contributed by atoms with E-state index in [9.17, 15) is 18.0 Å². The summed E-state index contributed by atoms with van der Waals surface area (Å²) in [5.41, 5.74) is 4.23. The number of amides is 1. The van der Waals surface area contributed by atoms with Crippen molar-refractivity contribution in [2.75, 3.05) is 6.54 Å². The predicted octanol–water partition coefficient (Wildman–Crippen LogP) is 2.95. The molecule has 1 aromatic carbocycles. The van der Waals surface area contributed by atoms with Crippen LogP contribution in [0.1, 0.15) is 42.6 Å². The maximum atomic E-state index is 12.6. The summed E-state index contributed by atoms with van der Waals surface area (Å²) in [5, 5.41) is 2.74. The van der Waals surface area contributed by atoms with Gasteiger partial charge in [0.1, 0.15) is 0 Å². The van der Waals surface area contributed by atoms with E-state index in [2.05, 4.69) is 5.32 Å². The minimum absolute atomic E-state index is 0.0143. The maximum Gasteiger partial charge on any atom is 0.416 e. The lowest BCUT2D eigenvalue weighted by Crippen LogP contribution is -2.52. The number of alkyl halides is 3. The van der Waals surface area contributed by atoms with Gasteiger partial charge in [0.05, 0.1) is 11.1 Å². The number of halogens is 3. The molecule has 0 heterocycles. The lowest BCUT2D eigenvalue weighted by atomic mass is 9.92. The molecule has 0 bridgehead atoms. The third kappa shape index (κ3) is 3.72. The van der Waals surface area contributed by atoms with Crippen molar-refractivity contribution < 1.29 is 18.0 Å². The fourth-order valence-electron chi connectivity index (χ4n) is 1.92. The Balaban J connectivity index is 2.99. The number of benzene rings is 1. The van der Waals surface area contributed by atoms with E-state index in [1.165, 1.54) is 12.1 Å². The predicted molar refractivity (Wildman–Crippen MR) is 71.3 cm³/mol. The largest absolute Gasteiger partial charge is 0.416 e. The van der Waals surface area contributed by atoms with Crippen LogP contribution in [0.25, 0.3) is 0 Å². The summed E-state index contributed by atoms with van der Waals surface area (Å²) in [5.74, 6) is -0.537. The fraction of sp³-hybridized carbons (Fsp3) is 0.500. The Labute approximate surface area is 116 Å². The Kier molecular flexibility index (Phi) is 5.16. The van der Waals surface area contributed by atoms with Crippen LogP contribution >= 0.6 is 0 Å². The Hall–Kier alpha value is -1.56. The Bertz CT molecular complexity index is 459. The lowest BCUT2D eigenvalue weighted by molar-refractivity contribution is -0.137. The van der Waals surface area contributed by atoms with Gasteiger partial charge in [0.15, 0.2) is 0 Å². The smallest absolute Gasteiger partial charge is 0.345 e. The van der Waals surface area contributed by atoms with Crippen molar-refractivity contribution >= 4 is 5.91 Å². The molecule has 0 aliphatic heterocycles. The van der Waals surface area contributed by atoms with Crippen molar-refractivity contribution in [1.82, 2.24) is 5.32 Å². The van der Waals surface area contributed by atoms with Crippen molar-refractivity contribution in [3.8, 4) is 0 Å². The van der Waals surface area contributed by atoms with E-state index in [1.54, 1.807) is 0 Å². The van der Waals surface area contributed by atoms with Gasteiger partial charge >= 0.3 is 6.18 Å². The summed E-state index contributed by atoms with van der Waals surface area (Å²) in [6.45, 7) is 4.00. The van der Waals surface area contributed by atoms with Crippen LogP contribution in [0.4, 0.5) is 13.2 Å². The molecule has 3 nitrogen and oxygen atoms in total. The van der Waals surface area contributed by atoms with E-state index in [4.69, 9.17) is 5.73 Å². The molecular weight excluding hydrogens is 269 g/mol. The molecule has 6 heteroatoms. The van der Waals surface area contributed by atoms with Gasteiger partial charge in [-0.2, -0.15) is 13.2 Å². The van der Waals surface area contributed by atoms with Crippen molar-refractivity contribution in [2.45, 2.75) is 38.4 Å². The van der Waals surface area contributed by atoms with Crippen molar-refractivity contribution in [2.24, 2.45) is 5.73 Å². The van der Waals surface area contributed by atoms with Gasteiger partial charge in [0, 0.05) is 12.1 Å². The van der Waals surface area contributed by atoms with E-state index in [0.29, 0.717) is 12.8 Å². The molecule has 0 spiro atoms. The summed E-state index contributed by atoms with van der Waals surface area (Å²) in [4.78, 5) is 12.1. The van der Waals surface area contributed by atoms with E-state index in [1.807, 2.05) is 13.8 Å². The fourth-order valence-corrected chi connectivity index (χ4v) is 1.92. The zero-order valence-corrected chi connectivity index (χ0v) is 11.6. The summed E-state index contributed by atoms with van der Waals surface area (Å²) >= 11 is 0. The first-order valence-corrected chi connectivity index (χ1v) is 6.48. The van der Waals surface area contributed by atoms with Crippen LogP contribution in [0.15, 0.2) is 24.3 Å². The summed E-state index contributed by atoms with van der Waals surface area (Å²) < 4.78 is 37.8.